The van der Waals surface area contributed by atoms with Crippen molar-refractivity contribution in [1.29, 1.82) is 0 Å². The van der Waals surface area contributed by atoms with E-state index in [1.54, 1.807) is 7.11 Å². The molecule has 0 spiro atoms. The SMILES string of the molecule is C=C(C)c1ccc2c(c1OCOC)C(C)CO2. The molecule has 1 aliphatic rings. The second-order valence-electron chi connectivity index (χ2n) is 4.40. The molecule has 0 aromatic heterocycles. The van der Waals surface area contributed by atoms with Crippen LogP contribution >= 0.6 is 0 Å². The zero-order valence-electron chi connectivity index (χ0n) is 10.6. The molecular formula is C14H18O3. The minimum absolute atomic E-state index is 0.240. The lowest BCUT2D eigenvalue weighted by Crippen LogP contribution is -2.04. The Hall–Kier alpha value is -1.48. The topological polar surface area (TPSA) is 27.7 Å². The zero-order chi connectivity index (χ0) is 12.4. The first kappa shape index (κ1) is 12.0. The highest BCUT2D eigenvalue weighted by Crippen LogP contribution is 2.44. The van der Waals surface area contributed by atoms with E-state index in [1.807, 2.05) is 19.1 Å². The van der Waals surface area contributed by atoms with Gasteiger partial charge < -0.3 is 14.2 Å². The molecule has 1 atom stereocenters. The Bertz CT molecular complexity index is 437. The molecule has 1 aromatic carbocycles. The lowest BCUT2D eigenvalue weighted by atomic mass is 9.96. The number of rotatable bonds is 4. The Morgan fingerprint density at radius 1 is 1.53 bits per heavy atom. The maximum atomic E-state index is 5.70. The van der Waals surface area contributed by atoms with Crippen LogP contribution in [-0.4, -0.2) is 20.5 Å². The summed E-state index contributed by atoms with van der Waals surface area (Å²) in [6.45, 7) is 9.04. The van der Waals surface area contributed by atoms with Crippen molar-refractivity contribution in [3.05, 3.63) is 29.8 Å². The number of fused-ring (bicyclic) bond motifs is 1. The van der Waals surface area contributed by atoms with E-state index in [0.717, 1.165) is 28.2 Å². The van der Waals surface area contributed by atoms with E-state index < -0.39 is 0 Å². The standard InChI is InChI=1S/C14H18O3/c1-9(2)11-5-6-12-13(10(3)7-16-12)14(11)17-8-15-4/h5-6,10H,1,7-8H2,2-4H3. The third-order valence-corrected chi connectivity index (χ3v) is 2.92. The van der Waals surface area contributed by atoms with E-state index in [2.05, 4.69) is 13.5 Å². The van der Waals surface area contributed by atoms with Crippen molar-refractivity contribution in [2.24, 2.45) is 0 Å². The van der Waals surface area contributed by atoms with Crippen LogP contribution < -0.4 is 9.47 Å². The van der Waals surface area contributed by atoms with E-state index in [-0.39, 0.29) is 6.79 Å². The van der Waals surface area contributed by atoms with Gasteiger partial charge >= 0.3 is 0 Å². The van der Waals surface area contributed by atoms with Crippen molar-refractivity contribution in [3.8, 4) is 11.5 Å². The van der Waals surface area contributed by atoms with Crippen LogP contribution in [0.25, 0.3) is 5.57 Å². The maximum absolute atomic E-state index is 5.70. The van der Waals surface area contributed by atoms with Crippen molar-refractivity contribution in [1.82, 2.24) is 0 Å². The second-order valence-corrected chi connectivity index (χ2v) is 4.40. The second kappa shape index (κ2) is 4.80. The van der Waals surface area contributed by atoms with Gasteiger partial charge in [0.2, 0.25) is 0 Å². The predicted octanol–water partition coefficient (Wildman–Crippen LogP) is 3.20. The molecule has 3 heteroatoms. The number of benzene rings is 1. The predicted molar refractivity (Wildman–Crippen MR) is 67.6 cm³/mol. The van der Waals surface area contributed by atoms with Crippen LogP contribution in [-0.2, 0) is 4.74 Å². The summed E-state index contributed by atoms with van der Waals surface area (Å²) in [6, 6.07) is 3.98. The molecule has 3 nitrogen and oxygen atoms in total. The molecule has 92 valence electrons. The number of allylic oxidation sites excluding steroid dienone is 1. The first-order chi connectivity index (χ1) is 8.15. The van der Waals surface area contributed by atoms with Gasteiger partial charge in [0.15, 0.2) is 6.79 Å². The molecule has 0 saturated carbocycles. The summed E-state index contributed by atoms with van der Waals surface area (Å²) >= 11 is 0. The monoisotopic (exact) mass is 234 g/mol. The van der Waals surface area contributed by atoms with E-state index >= 15 is 0 Å². The van der Waals surface area contributed by atoms with E-state index in [1.165, 1.54) is 0 Å². The van der Waals surface area contributed by atoms with Gasteiger partial charge in [-0.05, 0) is 24.6 Å². The van der Waals surface area contributed by atoms with Crippen LogP contribution in [0, 0.1) is 0 Å². The molecular weight excluding hydrogens is 216 g/mol. The fraction of sp³-hybridized carbons (Fsp3) is 0.429. The Labute approximate surface area is 102 Å². The number of ether oxygens (including phenoxy) is 3. The molecule has 0 aliphatic carbocycles. The van der Waals surface area contributed by atoms with Gasteiger partial charge in [0.25, 0.3) is 0 Å². The fourth-order valence-corrected chi connectivity index (χ4v) is 2.08. The first-order valence-electron chi connectivity index (χ1n) is 5.72. The highest BCUT2D eigenvalue weighted by atomic mass is 16.7. The molecule has 2 rings (SSSR count). The Morgan fingerprint density at radius 2 is 2.29 bits per heavy atom. The highest BCUT2D eigenvalue weighted by Gasteiger charge is 2.26. The van der Waals surface area contributed by atoms with Gasteiger partial charge in [-0.2, -0.15) is 0 Å². The largest absolute Gasteiger partial charge is 0.493 e. The Balaban J connectivity index is 2.49. The zero-order valence-corrected chi connectivity index (χ0v) is 10.6. The minimum atomic E-state index is 0.240. The molecule has 0 N–H and O–H groups in total. The van der Waals surface area contributed by atoms with Gasteiger partial charge in [-0.25, -0.2) is 0 Å². The van der Waals surface area contributed by atoms with Crippen LogP contribution in [0.2, 0.25) is 0 Å². The summed E-state index contributed by atoms with van der Waals surface area (Å²) in [5.41, 5.74) is 3.14. The lowest BCUT2D eigenvalue weighted by molar-refractivity contribution is 0.0502. The number of methoxy groups -OCH3 is 1. The lowest BCUT2D eigenvalue weighted by Gasteiger charge is -2.15. The number of hydrogen-bond donors (Lipinski definition) is 0. The van der Waals surface area contributed by atoms with Crippen LogP contribution in [0.5, 0.6) is 11.5 Å². The molecule has 17 heavy (non-hydrogen) atoms. The van der Waals surface area contributed by atoms with Crippen molar-refractivity contribution >= 4 is 5.57 Å². The molecule has 1 heterocycles. The summed E-state index contributed by atoms with van der Waals surface area (Å²) in [7, 11) is 1.61. The van der Waals surface area contributed by atoms with Gasteiger partial charge in [-0.15, -0.1) is 0 Å². The number of hydrogen-bond acceptors (Lipinski definition) is 3. The molecule has 1 aromatic rings. The smallest absolute Gasteiger partial charge is 0.188 e. The third kappa shape index (κ3) is 2.15. The molecule has 0 bridgehead atoms. The van der Waals surface area contributed by atoms with Gasteiger partial charge in [0, 0.05) is 24.2 Å². The fourth-order valence-electron chi connectivity index (χ4n) is 2.08. The van der Waals surface area contributed by atoms with Gasteiger partial charge in [-0.1, -0.05) is 13.5 Å². The average molecular weight is 234 g/mol. The summed E-state index contributed by atoms with van der Waals surface area (Å²) in [5, 5.41) is 0. The van der Waals surface area contributed by atoms with Crippen molar-refractivity contribution in [2.75, 3.05) is 20.5 Å². The van der Waals surface area contributed by atoms with Crippen LogP contribution in [0.4, 0.5) is 0 Å². The third-order valence-electron chi connectivity index (χ3n) is 2.92. The van der Waals surface area contributed by atoms with E-state index in [4.69, 9.17) is 14.2 Å². The Kier molecular flexibility index (Phi) is 3.38. The molecule has 0 radical (unpaired) electrons. The van der Waals surface area contributed by atoms with Crippen molar-refractivity contribution < 1.29 is 14.2 Å². The molecule has 0 amide bonds. The quantitative estimate of drug-likeness (QED) is 0.749. The van der Waals surface area contributed by atoms with E-state index in [0.29, 0.717) is 12.5 Å². The van der Waals surface area contributed by atoms with Crippen molar-refractivity contribution in [3.63, 3.8) is 0 Å². The summed E-state index contributed by atoms with van der Waals surface area (Å²) in [4.78, 5) is 0. The molecule has 0 fully saturated rings. The van der Waals surface area contributed by atoms with Crippen LogP contribution in [0.1, 0.15) is 30.9 Å². The minimum Gasteiger partial charge on any atom is -0.493 e. The summed E-state index contributed by atoms with van der Waals surface area (Å²) < 4.78 is 16.3. The first-order valence-corrected chi connectivity index (χ1v) is 5.72. The highest BCUT2D eigenvalue weighted by molar-refractivity contribution is 5.71. The van der Waals surface area contributed by atoms with Crippen LogP contribution in [0.3, 0.4) is 0 Å². The normalized spacial score (nSPS) is 17.5. The summed E-state index contributed by atoms with van der Waals surface area (Å²) in [6.07, 6.45) is 0. The molecule has 1 unspecified atom stereocenters. The van der Waals surface area contributed by atoms with Crippen LogP contribution in [0.15, 0.2) is 18.7 Å². The van der Waals surface area contributed by atoms with Gasteiger partial charge in [0.1, 0.15) is 11.5 Å². The van der Waals surface area contributed by atoms with Gasteiger partial charge in [-0.3, -0.25) is 0 Å². The Morgan fingerprint density at radius 3 is 2.94 bits per heavy atom. The van der Waals surface area contributed by atoms with Gasteiger partial charge in [0.05, 0.1) is 6.61 Å². The average Bonchev–Trinajstić information content (AvgIpc) is 2.68. The molecule has 0 saturated heterocycles. The molecule has 1 aliphatic heterocycles. The van der Waals surface area contributed by atoms with Crippen molar-refractivity contribution in [2.45, 2.75) is 19.8 Å². The van der Waals surface area contributed by atoms with E-state index in [9.17, 15) is 0 Å². The maximum Gasteiger partial charge on any atom is 0.188 e. The summed E-state index contributed by atoms with van der Waals surface area (Å²) in [5.74, 6) is 2.10.